The van der Waals surface area contributed by atoms with Crippen LogP contribution in [0.1, 0.15) is 0 Å². The van der Waals surface area contributed by atoms with Crippen LogP contribution in [-0.4, -0.2) is 25.2 Å². The lowest BCUT2D eigenvalue weighted by Gasteiger charge is -2.07. The highest BCUT2D eigenvalue weighted by Crippen LogP contribution is 2.31. The van der Waals surface area contributed by atoms with Crippen LogP contribution in [0.25, 0.3) is 0 Å². The van der Waals surface area contributed by atoms with Crippen LogP contribution >= 0.6 is 15.9 Å². The second-order valence-electron chi connectivity index (χ2n) is 2.81. The zero-order valence-corrected chi connectivity index (χ0v) is 9.78. The highest BCUT2D eigenvalue weighted by molar-refractivity contribution is 9.10. The number of methoxy groups -OCH3 is 1. The van der Waals surface area contributed by atoms with Crippen LogP contribution in [0.4, 0.5) is 11.4 Å². The first-order chi connectivity index (χ1) is 7.16. The second kappa shape index (κ2) is 5.67. The first-order valence-electron chi connectivity index (χ1n) is 4.32. The van der Waals surface area contributed by atoms with Gasteiger partial charge in [0.15, 0.2) is 0 Å². The molecule has 15 heavy (non-hydrogen) atoms. The monoisotopic (exact) mass is 274 g/mol. The molecule has 1 N–H and O–H groups in total. The molecule has 0 atom stereocenters. The molecule has 0 amide bonds. The lowest BCUT2D eigenvalue weighted by molar-refractivity contribution is -0.384. The number of nitrogens with one attached hydrogen (secondary N) is 1. The molecule has 0 saturated heterocycles. The van der Waals surface area contributed by atoms with E-state index >= 15 is 0 Å². The van der Waals surface area contributed by atoms with Crippen molar-refractivity contribution in [2.24, 2.45) is 0 Å². The van der Waals surface area contributed by atoms with Crippen molar-refractivity contribution in [2.45, 2.75) is 0 Å². The van der Waals surface area contributed by atoms with E-state index in [-0.39, 0.29) is 5.69 Å². The van der Waals surface area contributed by atoms with Gasteiger partial charge in [-0.05, 0) is 22.0 Å². The molecule has 1 aromatic rings. The first kappa shape index (κ1) is 11.9. The van der Waals surface area contributed by atoms with Gasteiger partial charge in [0.1, 0.15) is 5.69 Å². The summed E-state index contributed by atoms with van der Waals surface area (Å²) in [4.78, 5) is 10.3. The van der Waals surface area contributed by atoms with Crippen LogP contribution in [-0.2, 0) is 4.74 Å². The van der Waals surface area contributed by atoms with Crippen molar-refractivity contribution in [3.8, 4) is 0 Å². The van der Waals surface area contributed by atoms with E-state index in [0.29, 0.717) is 23.3 Å². The van der Waals surface area contributed by atoms with Gasteiger partial charge >= 0.3 is 0 Å². The summed E-state index contributed by atoms with van der Waals surface area (Å²) in [5.41, 5.74) is 0.542. The van der Waals surface area contributed by atoms with Gasteiger partial charge in [0.05, 0.1) is 11.5 Å². The number of hydrogen-bond donors (Lipinski definition) is 1. The van der Waals surface area contributed by atoms with Crippen molar-refractivity contribution in [3.05, 3.63) is 32.8 Å². The molecule has 0 spiro atoms. The fraction of sp³-hybridized carbons (Fsp3) is 0.333. The molecule has 6 heteroatoms. The highest BCUT2D eigenvalue weighted by atomic mass is 79.9. The second-order valence-corrected chi connectivity index (χ2v) is 3.66. The van der Waals surface area contributed by atoms with Gasteiger partial charge in [-0.3, -0.25) is 10.1 Å². The fourth-order valence-electron chi connectivity index (χ4n) is 1.12. The number of hydrogen-bond acceptors (Lipinski definition) is 4. The Morgan fingerprint density at radius 2 is 2.33 bits per heavy atom. The topological polar surface area (TPSA) is 64.4 Å². The minimum Gasteiger partial charge on any atom is -0.383 e. The summed E-state index contributed by atoms with van der Waals surface area (Å²) in [6.07, 6.45) is 0. The molecule has 5 nitrogen and oxygen atoms in total. The third kappa shape index (κ3) is 3.17. The summed E-state index contributed by atoms with van der Waals surface area (Å²) in [6, 6.07) is 4.84. The number of anilines is 1. The number of nitro groups is 1. The summed E-state index contributed by atoms with van der Waals surface area (Å²) in [7, 11) is 1.58. The van der Waals surface area contributed by atoms with Gasteiger partial charge in [-0.25, -0.2) is 0 Å². The lowest BCUT2D eigenvalue weighted by Crippen LogP contribution is -2.09. The smallest absolute Gasteiger partial charge is 0.293 e. The van der Waals surface area contributed by atoms with Crippen molar-refractivity contribution in [1.82, 2.24) is 0 Å². The van der Waals surface area contributed by atoms with Crippen LogP contribution in [0.2, 0.25) is 0 Å². The zero-order chi connectivity index (χ0) is 11.3. The number of halogens is 1. The average molecular weight is 275 g/mol. The molecular formula is C9H11BrN2O3. The number of benzene rings is 1. The molecule has 0 saturated carbocycles. The van der Waals surface area contributed by atoms with Crippen LogP contribution in [0.15, 0.2) is 22.7 Å². The molecule has 1 rings (SSSR count). The Balaban J connectivity index is 2.87. The normalized spacial score (nSPS) is 10.0. The van der Waals surface area contributed by atoms with Crippen molar-refractivity contribution >= 4 is 27.3 Å². The summed E-state index contributed by atoms with van der Waals surface area (Å²) in [5, 5.41) is 13.7. The summed E-state index contributed by atoms with van der Waals surface area (Å²) in [6.45, 7) is 1.03. The number of para-hydroxylation sites is 1. The molecule has 1 aromatic carbocycles. The van der Waals surface area contributed by atoms with Crippen LogP contribution < -0.4 is 5.32 Å². The Hall–Kier alpha value is -1.14. The number of rotatable bonds is 5. The minimum atomic E-state index is -0.417. The predicted molar refractivity (Wildman–Crippen MR) is 61.2 cm³/mol. The quantitative estimate of drug-likeness (QED) is 0.509. The molecule has 0 aromatic heterocycles. The van der Waals surface area contributed by atoms with Crippen molar-refractivity contribution < 1.29 is 9.66 Å². The van der Waals surface area contributed by atoms with E-state index in [9.17, 15) is 10.1 Å². The van der Waals surface area contributed by atoms with E-state index < -0.39 is 4.92 Å². The van der Waals surface area contributed by atoms with E-state index in [1.54, 1.807) is 19.2 Å². The maximum atomic E-state index is 10.7. The van der Waals surface area contributed by atoms with E-state index in [1.165, 1.54) is 6.07 Å². The molecule has 0 aliphatic rings. The summed E-state index contributed by atoms with van der Waals surface area (Å²) < 4.78 is 5.53. The lowest BCUT2D eigenvalue weighted by atomic mass is 10.2. The Morgan fingerprint density at radius 1 is 1.60 bits per heavy atom. The number of nitrogens with zero attached hydrogens (tertiary/aromatic N) is 1. The molecule has 82 valence electrons. The van der Waals surface area contributed by atoms with Gasteiger partial charge in [-0.1, -0.05) is 6.07 Å². The Kier molecular flexibility index (Phi) is 4.51. The summed E-state index contributed by atoms with van der Waals surface area (Å²) in [5.74, 6) is 0. The van der Waals surface area contributed by atoms with E-state index in [4.69, 9.17) is 4.74 Å². The number of nitro benzene ring substituents is 1. The van der Waals surface area contributed by atoms with Gasteiger partial charge in [0.25, 0.3) is 5.69 Å². The standard InChI is InChI=1S/C9H11BrN2O3/c1-15-6-5-11-9-7(10)3-2-4-8(9)12(13)14/h2-4,11H,5-6H2,1H3. The predicted octanol–water partition coefficient (Wildman–Crippen LogP) is 2.42. The van der Waals surface area contributed by atoms with E-state index in [2.05, 4.69) is 21.2 Å². The van der Waals surface area contributed by atoms with Gasteiger partial charge in [-0.15, -0.1) is 0 Å². The van der Waals surface area contributed by atoms with Gasteiger partial charge < -0.3 is 10.1 Å². The Morgan fingerprint density at radius 3 is 2.93 bits per heavy atom. The maximum Gasteiger partial charge on any atom is 0.293 e. The van der Waals surface area contributed by atoms with Crippen molar-refractivity contribution in [3.63, 3.8) is 0 Å². The molecular weight excluding hydrogens is 264 g/mol. The largest absolute Gasteiger partial charge is 0.383 e. The molecule has 0 aliphatic heterocycles. The molecule has 0 radical (unpaired) electrons. The van der Waals surface area contributed by atoms with Crippen LogP contribution in [0.3, 0.4) is 0 Å². The van der Waals surface area contributed by atoms with Crippen molar-refractivity contribution in [2.75, 3.05) is 25.6 Å². The first-order valence-corrected chi connectivity index (χ1v) is 5.12. The molecule has 0 unspecified atom stereocenters. The highest BCUT2D eigenvalue weighted by Gasteiger charge is 2.15. The summed E-state index contributed by atoms with van der Waals surface area (Å²) >= 11 is 3.26. The van der Waals surface area contributed by atoms with Gasteiger partial charge in [0, 0.05) is 24.2 Å². The fourth-order valence-corrected chi connectivity index (χ4v) is 1.61. The minimum absolute atomic E-state index is 0.0560. The maximum absolute atomic E-state index is 10.7. The molecule has 0 bridgehead atoms. The molecule has 0 fully saturated rings. The Labute approximate surface area is 95.7 Å². The van der Waals surface area contributed by atoms with Crippen LogP contribution in [0.5, 0.6) is 0 Å². The molecule has 0 aliphatic carbocycles. The van der Waals surface area contributed by atoms with Gasteiger partial charge in [-0.2, -0.15) is 0 Å². The SMILES string of the molecule is COCCNc1c(Br)cccc1[N+](=O)[O-]. The van der Waals surface area contributed by atoms with Gasteiger partial charge in [0.2, 0.25) is 0 Å². The van der Waals surface area contributed by atoms with E-state index in [0.717, 1.165) is 0 Å². The van der Waals surface area contributed by atoms with Crippen molar-refractivity contribution in [1.29, 1.82) is 0 Å². The average Bonchev–Trinajstić information content (AvgIpc) is 2.20. The number of ether oxygens (including phenoxy) is 1. The third-order valence-corrected chi connectivity index (χ3v) is 2.46. The zero-order valence-electron chi connectivity index (χ0n) is 8.20. The van der Waals surface area contributed by atoms with Crippen LogP contribution in [0, 0.1) is 10.1 Å². The molecule has 0 heterocycles. The van der Waals surface area contributed by atoms with E-state index in [1.807, 2.05) is 0 Å². The Bertz CT molecular complexity index is 357. The third-order valence-electron chi connectivity index (χ3n) is 1.80.